The van der Waals surface area contributed by atoms with E-state index in [-0.39, 0.29) is 22.7 Å². The highest BCUT2D eigenvalue weighted by Gasteiger charge is 2.32. The maximum Gasteiger partial charge on any atom is 0.417 e. The molecule has 1 N–H and O–H groups in total. The van der Waals surface area contributed by atoms with Gasteiger partial charge >= 0.3 is 6.18 Å². The molecule has 1 fully saturated rings. The number of nitrogens with one attached hydrogen (secondary N) is 1. The molecule has 30 heavy (non-hydrogen) atoms. The molecule has 2 aromatic rings. The van der Waals surface area contributed by atoms with Gasteiger partial charge in [0, 0.05) is 56.3 Å². The number of halogens is 4. The van der Waals surface area contributed by atoms with Crippen molar-refractivity contribution in [2.45, 2.75) is 19.0 Å². The van der Waals surface area contributed by atoms with Crippen LogP contribution < -0.4 is 10.2 Å². The number of thiophene rings is 1. The molecule has 2 amide bonds. The summed E-state index contributed by atoms with van der Waals surface area (Å²) in [5, 5.41) is 6.30. The Balaban J connectivity index is 1.42. The Labute approximate surface area is 180 Å². The molecule has 162 valence electrons. The maximum absolute atomic E-state index is 12.7. The minimum absolute atomic E-state index is 0.0223. The molecule has 1 aliphatic rings. The Bertz CT molecular complexity index is 884. The summed E-state index contributed by atoms with van der Waals surface area (Å²) in [4.78, 5) is 31.6. The highest BCUT2D eigenvalue weighted by atomic mass is 35.5. The first-order valence-electron chi connectivity index (χ1n) is 9.31. The summed E-state index contributed by atoms with van der Waals surface area (Å²) in [5.74, 6) is 0.108. The first-order chi connectivity index (χ1) is 14.3. The van der Waals surface area contributed by atoms with E-state index in [1.54, 1.807) is 21.2 Å². The molecule has 0 spiro atoms. The third-order valence-corrected chi connectivity index (χ3v) is 5.68. The average Bonchev–Trinajstić information content (AvgIpc) is 3.25. The van der Waals surface area contributed by atoms with Gasteiger partial charge in [-0.2, -0.15) is 24.5 Å². The molecule has 2 aromatic heterocycles. The number of aromatic nitrogens is 1. The lowest BCUT2D eigenvalue weighted by Gasteiger charge is -2.36. The zero-order valence-corrected chi connectivity index (χ0v) is 17.5. The van der Waals surface area contributed by atoms with Gasteiger partial charge in [-0.25, -0.2) is 4.98 Å². The third kappa shape index (κ3) is 5.63. The van der Waals surface area contributed by atoms with Crippen LogP contribution >= 0.6 is 22.9 Å². The van der Waals surface area contributed by atoms with Crippen molar-refractivity contribution in [2.24, 2.45) is 0 Å². The van der Waals surface area contributed by atoms with Gasteiger partial charge in [0.25, 0.3) is 5.91 Å². The van der Waals surface area contributed by atoms with Crippen molar-refractivity contribution >= 4 is 40.6 Å². The smallest absolute Gasteiger partial charge is 0.352 e. The van der Waals surface area contributed by atoms with E-state index in [2.05, 4.69) is 10.3 Å². The number of pyridine rings is 1. The molecule has 3 heterocycles. The van der Waals surface area contributed by atoms with E-state index in [9.17, 15) is 22.8 Å². The van der Waals surface area contributed by atoms with Crippen LogP contribution in [0.25, 0.3) is 0 Å². The van der Waals surface area contributed by atoms with E-state index in [4.69, 9.17) is 11.6 Å². The minimum atomic E-state index is -4.50. The van der Waals surface area contributed by atoms with Crippen LogP contribution in [0.5, 0.6) is 0 Å². The van der Waals surface area contributed by atoms with Crippen LogP contribution in [0.4, 0.5) is 19.0 Å². The lowest BCUT2D eigenvalue weighted by Crippen LogP contribution is -2.49. The van der Waals surface area contributed by atoms with E-state index < -0.39 is 11.7 Å². The lowest BCUT2D eigenvalue weighted by molar-refractivity contribution is -0.137. The van der Waals surface area contributed by atoms with Crippen LogP contribution in [0.3, 0.4) is 0 Å². The van der Waals surface area contributed by atoms with E-state index >= 15 is 0 Å². The van der Waals surface area contributed by atoms with Crippen molar-refractivity contribution in [2.75, 3.05) is 37.6 Å². The molecular weight excluding hydrogens is 441 g/mol. The molecule has 0 aliphatic carbocycles. The van der Waals surface area contributed by atoms with Crippen LogP contribution in [-0.2, 0) is 11.0 Å². The van der Waals surface area contributed by atoms with Gasteiger partial charge in [0.1, 0.15) is 5.82 Å². The monoisotopic (exact) mass is 460 g/mol. The first kappa shape index (κ1) is 22.4. The van der Waals surface area contributed by atoms with Crippen molar-refractivity contribution in [1.82, 2.24) is 15.2 Å². The van der Waals surface area contributed by atoms with Gasteiger partial charge in [-0.15, -0.1) is 0 Å². The Hall–Kier alpha value is -2.33. The fourth-order valence-corrected chi connectivity index (χ4v) is 4.00. The second-order valence-corrected chi connectivity index (χ2v) is 7.95. The SMILES string of the molecule is O=C(NCCCC(=O)N1CCN(c2ncc(C(F)(F)F)cc2Cl)CC1)c1ccsc1. The number of piperazine rings is 1. The number of carbonyl (C=O) groups is 2. The Morgan fingerprint density at radius 1 is 1.23 bits per heavy atom. The van der Waals surface area contributed by atoms with Gasteiger partial charge in [-0.3, -0.25) is 9.59 Å². The third-order valence-electron chi connectivity index (χ3n) is 4.72. The quantitative estimate of drug-likeness (QED) is 0.668. The largest absolute Gasteiger partial charge is 0.417 e. The molecule has 0 atom stereocenters. The average molecular weight is 461 g/mol. The fraction of sp³-hybridized carbons (Fsp3) is 0.421. The number of amides is 2. The molecule has 6 nitrogen and oxygen atoms in total. The zero-order chi connectivity index (χ0) is 21.7. The molecule has 1 aliphatic heterocycles. The number of hydrogen-bond acceptors (Lipinski definition) is 5. The molecule has 11 heteroatoms. The standard InChI is InChI=1S/C19H20ClF3N4O2S/c20-15-10-14(19(21,22)23)11-25-17(15)27-7-5-26(6-8-27)16(28)2-1-4-24-18(29)13-3-9-30-12-13/h3,9-12H,1-2,4-8H2,(H,24,29). The van der Waals surface area contributed by atoms with Gasteiger partial charge in [0.2, 0.25) is 5.91 Å². The van der Waals surface area contributed by atoms with Crippen LogP contribution in [-0.4, -0.2) is 54.4 Å². The summed E-state index contributed by atoms with van der Waals surface area (Å²) < 4.78 is 38.2. The van der Waals surface area contributed by atoms with Crippen LogP contribution in [0.1, 0.15) is 28.8 Å². The van der Waals surface area contributed by atoms with Crippen LogP contribution in [0.2, 0.25) is 5.02 Å². The Morgan fingerprint density at radius 2 is 1.97 bits per heavy atom. The van der Waals surface area contributed by atoms with Gasteiger partial charge in [0.15, 0.2) is 0 Å². The van der Waals surface area contributed by atoms with Crippen LogP contribution in [0.15, 0.2) is 29.1 Å². The second kappa shape index (κ2) is 9.65. The number of alkyl halides is 3. The van der Waals surface area contributed by atoms with E-state index in [0.29, 0.717) is 51.1 Å². The van der Waals surface area contributed by atoms with E-state index in [1.807, 2.05) is 5.38 Å². The normalized spacial score (nSPS) is 14.7. The summed E-state index contributed by atoms with van der Waals surface area (Å²) >= 11 is 7.44. The number of hydrogen-bond donors (Lipinski definition) is 1. The van der Waals surface area contributed by atoms with Crippen molar-refractivity contribution < 1.29 is 22.8 Å². The molecule has 0 aromatic carbocycles. The lowest BCUT2D eigenvalue weighted by atomic mass is 10.2. The molecular formula is C19H20ClF3N4O2S. The molecule has 0 saturated carbocycles. The predicted molar refractivity (Wildman–Crippen MR) is 109 cm³/mol. The van der Waals surface area contributed by atoms with Crippen molar-refractivity contribution in [3.63, 3.8) is 0 Å². The molecule has 1 saturated heterocycles. The Morgan fingerprint density at radius 3 is 2.57 bits per heavy atom. The second-order valence-electron chi connectivity index (χ2n) is 6.77. The predicted octanol–water partition coefficient (Wildman–Crippen LogP) is 3.67. The molecule has 3 rings (SSSR count). The molecule has 0 unspecified atom stereocenters. The summed E-state index contributed by atoms with van der Waals surface area (Å²) in [7, 11) is 0. The van der Waals surface area contributed by atoms with Gasteiger partial charge in [-0.05, 0) is 23.9 Å². The molecule has 0 radical (unpaired) electrons. The minimum Gasteiger partial charge on any atom is -0.352 e. The summed E-state index contributed by atoms with van der Waals surface area (Å²) in [5.41, 5.74) is -0.283. The van der Waals surface area contributed by atoms with Crippen LogP contribution in [0, 0.1) is 0 Å². The van der Waals surface area contributed by atoms with Gasteiger partial charge in [0.05, 0.1) is 10.6 Å². The zero-order valence-electron chi connectivity index (χ0n) is 15.9. The number of carbonyl (C=O) groups excluding carboxylic acids is 2. The van der Waals surface area contributed by atoms with Gasteiger partial charge in [-0.1, -0.05) is 11.6 Å². The van der Waals surface area contributed by atoms with Crippen molar-refractivity contribution in [1.29, 1.82) is 0 Å². The first-order valence-corrected chi connectivity index (χ1v) is 10.6. The van der Waals surface area contributed by atoms with Gasteiger partial charge < -0.3 is 15.1 Å². The number of nitrogens with zero attached hydrogens (tertiary/aromatic N) is 3. The van der Waals surface area contributed by atoms with E-state index in [0.717, 1.165) is 12.3 Å². The fourth-order valence-electron chi connectivity index (χ4n) is 3.08. The summed E-state index contributed by atoms with van der Waals surface area (Å²) in [6, 6.07) is 2.61. The topological polar surface area (TPSA) is 65.5 Å². The Kier molecular flexibility index (Phi) is 7.19. The summed E-state index contributed by atoms with van der Waals surface area (Å²) in [6.45, 7) is 2.13. The summed E-state index contributed by atoms with van der Waals surface area (Å²) in [6.07, 6.45) is -2.89. The van der Waals surface area contributed by atoms with E-state index in [1.165, 1.54) is 11.3 Å². The number of anilines is 1. The van der Waals surface area contributed by atoms with Crippen molar-refractivity contribution in [3.05, 3.63) is 45.2 Å². The number of rotatable bonds is 6. The maximum atomic E-state index is 12.7. The highest BCUT2D eigenvalue weighted by Crippen LogP contribution is 2.33. The van der Waals surface area contributed by atoms with Crippen molar-refractivity contribution in [3.8, 4) is 0 Å². The molecule has 0 bridgehead atoms. The highest BCUT2D eigenvalue weighted by molar-refractivity contribution is 7.08.